The van der Waals surface area contributed by atoms with E-state index in [1.807, 2.05) is 0 Å². The van der Waals surface area contributed by atoms with Crippen LogP contribution in [0.25, 0.3) is 0 Å². The number of hydrogen-bond donors (Lipinski definition) is 0. The summed E-state index contributed by atoms with van der Waals surface area (Å²) in [7, 11) is 0. The van der Waals surface area contributed by atoms with Gasteiger partial charge < -0.3 is 0 Å². The lowest BCUT2D eigenvalue weighted by atomic mass is 10.3. The normalized spacial score (nSPS) is 11.7. The number of halogens is 4. The lowest BCUT2D eigenvalue weighted by Gasteiger charge is -2.06. The molecule has 0 aromatic carbocycles. The second kappa shape index (κ2) is 4.89. The van der Waals surface area contributed by atoms with Crippen molar-refractivity contribution in [3.8, 4) is 0 Å². The Morgan fingerprint density at radius 2 is 2.07 bits per heavy atom. The Morgan fingerprint density at radius 1 is 1.36 bits per heavy atom. The van der Waals surface area contributed by atoms with E-state index in [2.05, 4.69) is 4.98 Å². The van der Waals surface area contributed by atoms with Gasteiger partial charge in [-0.05, 0) is 12.1 Å². The second-order valence-corrected chi connectivity index (χ2v) is 3.89. The minimum absolute atomic E-state index is 0.348. The Kier molecular flexibility index (Phi) is 4.07. The molecule has 1 aromatic rings. The quantitative estimate of drug-likeness (QED) is 0.594. The molecule has 1 aromatic heterocycles. The third kappa shape index (κ3) is 3.38. The van der Waals surface area contributed by atoms with Crippen LogP contribution in [0.5, 0.6) is 0 Å². The average molecular weight is 242 g/mol. The standard InChI is InChI=1S/C8H7ClF3NS/c9-4-5-14-7-3-1-2-6(13-7)8(10,11)12/h1-3H,4-5H2. The molecule has 0 amide bonds. The molecule has 0 saturated heterocycles. The molecule has 0 spiro atoms. The predicted molar refractivity (Wildman–Crippen MR) is 50.7 cm³/mol. The summed E-state index contributed by atoms with van der Waals surface area (Å²) < 4.78 is 36.6. The molecule has 1 rings (SSSR count). The van der Waals surface area contributed by atoms with Crippen LogP contribution >= 0.6 is 23.4 Å². The van der Waals surface area contributed by atoms with Crippen LogP contribution in [0.1, 0.15) is 5.69 Å². The van der Waals surface area contributed by atoms with Crippen molar-refractivity contribution in [2.24, 2.45) is 0 Å². The van der Waals surface area contributed by atoms with Crippen LogP contribution in [0.3, 0.4) is 0 Å². The lowest BCUT2D eigenvalue weighted by Crippen LogP contribution is -2.07. The number of rotatable bonds is 3. The molecule has 0 bridgehead atoms. The van der Waals surface area contributed by atoms with E-state index in [1.165, 1.54) is 23.9 Å². The summed E-state index contributed by atoms with van der Waals surface area (Å²) in [5.74, 6) is 0.943. The highest BCUT2D eigenvalue weighted by Crippen LogP contribution is 2.29. The number of aromatic nitrogens is 1. The fraction of sp³-hybridized carbons (Fsp3) is 0.375. The Labute approximate surface area is 88.7 Å². The van der Waals surface area contributed by atoms with Gasteiger partial charge in [0.2, 0.25) is 0 Å². The van der Waals surface area contributed by atoms with E-state index in [0.717, 1.165) is 6.07 Å². The summed E-state index contributed by atoms with van der Waals surface area (Å²) in [6, 6.07) is 3.82. The first-order chi connectivity index (χ1) is 6.54. The number of thioether (sulfide) groups is 1. The van der Waals surface area contributed by atoms with E-state index in [1.54, 1.807) is 0 Å². The third-order valence-corrected chi connectivity index (χ3v) is 2.69. The van der Waals surface area contributed by atoms with E-state index in [-0.39, 0.29) is 0 Å². The maximum Gasteiger partial charge on any atom is 0.433 e. The largest absolute Gasteiger partial charge is 0.433 e. The van der Waals surface area contributed by atoms with Crippen molar-refractivity contribution in [1.29, 1.82) is 0 Å². The van der Waals surface area contributed by atoms with Crippen molar-refractivity contribution in [2.45, 2.75) is 11.2 Å². The Hall–Kier alpha value is -0.420. The summed E-state index contributed by atoms with van der Waals surface area (Å²) in [6.07, 6.45) is -4.38. The van der Waals surface area contributed by atoms with Gasteiger partial charge in [0.25, 0.3) is 0 Å². The van der Waals surface area contributed by atoms with Crippen molar-refractivity contribution >= 4 is 23.4 Å². The SMILES string of the molecule is FC(F)(F)c1cccc(SCCCl)n1. The molecule has 0 N–H and O–H groups in total. The molecule has 14 heavy (non-hydrogen) atoms. The molecular formula is C8H7ClF3NS. The third-order valence-electron chi connectivity index (χ3n) is 1.34. The van der Waals surface area contributed by atoms with Gasteiger partial charge in [-0.25, -0.2) is 4.98 Å². The maximum absolute atomic E-state index is 12.2. The molecule has 0 saturated carbocycles. The van der Waals surface area contributed by atoms with Gasteiger partial charge in [0, 0.05) is 11.6 Å². The second-order valence-electron chi connectivity index (χ2n) is 2.40. The highest BCUT2D eigenvalue weighted by atomic mass is 35.5. The molecule has 0 fully saturated rings. The fourth-order valence-electron chi connectivity index (χ4n) is 0.796. The van der Waals surface area contributed by atoms with Crippen molar-refractivity contribution in [3.05, 3.63) is 23.9 Å². The molecule has 6 heteroatoms. The number of hydrogen-bond acceptors (Lipinski definition) is 2. The molecule has 78 valence electrons. The summed E-state index contributed by atoms with van der Waals surface area (Å²) in [5, 5.41) is 0.348. The minimum atomic E-state index is -4.38. The molecule has 0 aliphatic carbocycles. The molecule has 0 aliphatic rings. The van der Waals surface area contributed by atoms with Gasteiger partial charge in [0.05, 0.1) is 5.03 Å². The van der Waals surface area contributed by atoms with E-state index in [9.17, 15) is 13.2 Å². The zero-order valence-corrected chi connectivity index (χ0v) is 8.59. The van der Waals surface area contributed by atoms with Crippen molar-refractivity contribution in [2.75, 3.05) is 11.6 Å². The van der Waals surface area contributed by atoms with Crippen LogP contribution in [-0.2, 0) is 6.18 Å². The van der Waals surface area contributed by atoms with Gasteiger partial charge in [-0.1, -0.05) is 6.07 Å². The highest BCUT2D eigenvalue weighted by molar-refractivity contribution is 7.99. The predicted octanol–water partition coefficient (Wildman–Crippen LogP) is 3.43. The van der Waals surface area contributed by atoms with Crippen LogP contribution in [0.2, 0.25) is 0 Å². The van der Waals surface area contributed by atoms with Gasteiger partial charge in [0.1, 0.15) is 5.69 Å². The van der Waals surface area contributed by atoms with Crippen LogP contribution in [0.15, 0.2) is 23.2 Å². The molecular weight excluding hydrogens is 235 g/mol. The molecule has 0 radical (unpaired) electrons. The zero-order chi connectivity index (χ0) is 10.6. The summed E-state index contributed by atoms with van der Waals surface area (Å²) in [4.78, 5) is 3.46. The molecule has 0 atom stereocenters. The van der Waals surface area contributed by atoms with Crippen LogP contribution in [0.4, 0.5) is 13.2 Å². The van der Waals surface area contributed by atoms with Gasteiger partial charge in [-0.3, -0.25) is 0 Å². The summed E-state index contributed by atoms with van der Waals surface area (Å²) in [6.45, 7) is 0. The van der Waals surface area contributed by atoms with Crippen LogP contribution in [0, 0.1) is 0 Å². The van der Waals surface area contributed by atoms with Crippen molar-refractivity contribution in [1.82, 2.24) is 4.98 Å². The van der Waals surface area contributed by atoms with Gasteiger partial charge in [-0.2, -0.15) is 13.2 Å². The molecule has 1 heterocycles. The first-order valence-corrected chi connectivity index (χ1v) is 5.29. The maximum atomic E-state index is 12.2. The van der Waals surface area contributed by atoms with Crippen LogP contribution in [-0.4, -0.2) is 16.6 Å². The summed E-state index contributed by atoms with van der Waals surface area (Å²) in [5.41, 5.74) is -0.864. The first-order valence-electron chi connectivity index (χ1n) is 3.77. The Bertz CT molecular complexity index is 303. The van der Waals surface area contributed by atoms with Crippen LogP contribution < -0.4 is 0 Å². The molecule has 1 nitrogen and oxygen atoms in total. The average Bonchev–Trinajstić information content (AvgIpc) is 2.14. The minimum Gasteiger partial charge on any atom is -0.237 e. The smallest absolute Gasteiger partial charge is 0.237 e. The Morgan fingerprint density at radius 3 is 2.64 bits per heavy atom. The zero-order valence-electron chi connectivity index (χ0n) is 7.01. The summed E-state index contributed by atoms with van der Waals surface area (Å²) >= 11 is 6.62. The van der Waals surface area contributed by atoms with E-state index in [4.69, 9.17) is 11.6 Å². The van der Waals surface area contributed by atoms with Gasteiger partial charge in [-0.15, -0.1) is 23.4 Å². The topological polar surface area (TPSA) is 12.9 Å². The number of nitrogens with zero attached hydrogens (tertiary/aromatic N) is 1. The van der Waals surface area contributed by atoms with E-state index >= 15 is 0 Å². The Balaban J connectivity index is 2.79. The monoisotopic (exact) mass is 241 g/mol. The van der Waals surface area contributed by atoms with Crippen molar-refractivity contribution < 1.29 is 13.2 Å². The lowest BCUT2D eigenvalue weighted by molar-refractivity contribution is -0.141. The molecule has 0 aliphatic heterocycles. The van der Waals surface area contributed by atoms with E-state index < -0.39 is 11.9 Å². The van der Waals surface area contributed by atoms with E-state index in [0.29, 0.717) is 16.7 Å². The number of pyridine rings is 1. The van der Waals surface area contributed by atoms with Crippen molar-refractivity contribution in [3.63, 3.8) is 0 Å². The number of alkyl halides is 4. The first kappa shape index (κ1) is 11.7. The fourth-order valence-corrected chi connectivity index (χ4v) is 1.65. The molecule has 0 unspecified atom stereocenters. The van der Waals surface area contributed by atoms with Gasteiger partial charge >= 0.3 is 6.18 Å². The highest BCUT2D eigenvalue weighted by Gasteiger charge is 2.32. The van der Waals surface area contributed by atoms with Gasteiger partial charge in [0.15, 0.2) is 0 Å².